The Morgan fingerprint density at radius 3 is 2.75 bits per heavy atom. The summed E-state index contributed by atoms with van der Waals surface area (Å²) < 4.78 is 6.03. The number of carbonyl (C=O) groups is 2. The van der Waals surface area contributed by atoms with E-state index in [1.165, 1.54) is 0 Å². The fourth-order valence-corrected chi connectivity index (χ4v) is 3.35. The second-order valence-corrected chi connectivity index (χ2v) is 6.29. The number of halogens is 1. The Bertz CT molecular complexity index is 532. The maximum absolute atomic E-state index is 12.3. The van der Waals surface area contributed by atoms with Gasteiger partial charge in [0.15, 0.2) is 0 Å². The number of hydrogen-bond acceptors (Lipinski definition) is 3. The van der Waals surface area contributed by atoms with Crippen LogP contribution in [0.5, 0.6) is 0 Å². The van der Waals surface area contributed by atoms with Gasteiger partial charge in [-0.15, -0.1) is 0 Å². The van der Waals surface area contributed by atoms with Gasteiger partial charge in [0.2, 0.25) is 11.8 Å². The Morgan fingerprint density at radius 1 is 1.40 bits per heavy atom. The Balaban J connectivity index is 2.42. The van der Waals surface area contributed by atoms with Crippen molar-refractivity contribution in [1.82, 2.24) is 5.32 Å². The number of imide groups is 1. The van der Waals surface area contributed by atoms with E-state index in [1.807, 2.05) is 31.2 Å². The molecule has 20 heavy (non-hydrogen) atoms. The fourth-order valence-electron chi connectivity index (χ4n) is 2.83. The lowest BCUT2D eigenvalue weighted by Gasteiger charge is -2.40. The van der Waals surface area contributed by atoms with Crippen LogP contribution >= 0.6 is 15.9 Å². The van der Waals surface area contributed by atoms with E-state index >= 15 is 0 Å². The maximum Gasteiger partial charge on any atom is 0.234 e. The standard InChI is InChI=1S/C15H18BrNO3/c1-15(7-8-20-2)9-12(18)17-14(19)13(15)10-5-3-4-6-11(10)16/h3-6,13H,7-9H2,1-2H3,(H,17,18,19). The van der Waals surface area contributed by atoms with Gasteiger partial charge in [0, 0.05) is 24.6 Å². The third-order valence-electron chi connectivity index (χ3n) is 3.88. The number of ether oxygens (including phenoxy) is 1. The van der Waals surface area contributed by atoms with Gasteiger partial charge in [0.05, 0.1) is 5.92 Å². The number of nitrogens with one attached hydrogen (secondary N) is 1. The van der Waals surface area contributed by atoms with Crippen LogP contribution in [0.4, 0.5) is 0 Å². The van der Waals surface area contributed by atoms with Crippen molar-refractivity contribution in [2.75, 3.05) is 13.7 Å². The summed E-state index contributed by atoms with van der Waals surface area (Å²) in [4.78, 5) is 24.1. The zero-order chi connectivity index (χ0) is 14.8. The molecule has 0 bridgehead atoms. The molecule has 1 N–H and O–H groups in total. The van der Waals surface area contributed by atoms with E-state index in [-0.39, 0.29) is 17.7 Å². The van der Waals surface area contributed by atoms with Crippen LogP contribution in [0.3, 0.4) is 0 Å². The third kappa shape index (κ3) is 2.94. The predicted molar refractivity (Wildman–Crippen MR) is 79.2 cm³/mol. The summed E-state index contributed by atoms with van der Waals surface area (Å²) in [5.74, 6) is -0.797. The molecule has 5 heteroatoms. The molecule has 4 nitrogen and oxygen atoms in total. The molecule has 2 unspecified atom stereocenters. The van der Waals surface area contributed by atoms with E-state index in [4.69, 9.17) is 4.74 Å². The molecular formula is C15H18BrNO3. The number of hydrogen-bond donors (Lipinski definition) is 1. The highest BCUT2D eigenvalue weighted by atomic mass is 79.9. The van der Waals surface area contributed by atoms with Crippen molar-refractivity contribution in [1.29, 1.82) is 0 Å². The first-order valence-electron chi connectivity index (χ1n) is 6.55. The van der Waals surface area contributed by atoms with Crippen molar-refractivity contribution >= 4 is 27.7 Å². The molecule has 1 heterocycles. The van der Waals surface area contributed by atoms with Crippen LogP contribution in [-0.2, 0) is 14.3 Å². The minimum Gasteiger partial charge on any atom is -0.385 e. The first-order valence-corrected chi connectivity index (χ1v) is 7.34. The van der Waals surface area contributed by atoms with Gasteiger partial charge in [-0.1, -0.05) is 41.1 Å². The van der Waals surface area contributed by atoms with E-state index < -0.39 is 5.41 Å². The van der Waals surface area contributed by atoms with Crippen LogP contribution in [0, 0.1) is 5.41 Å². The van der Waals surface area contributed by atoms with E-state index in [2.05, 4.69) is 21.2 Å². The van der Waals surface area contributed by atoms with Crippen molar-refractivity contribution in [3.8, 4) is 0 Å². The molecule has 0 spiro atoms. The van der Waals surface area contributed by atoms with Gasteiger partial charge in [-0.3, -0.25) is 14.9 Å². The summed E-state index contributed by atoms with van der Waals surface area (Å²) in [6.07, 6.45) is 0.989. The van der Waals surface area contributed by atoms with Crippen LogP contribution in [0.1, 0.15) is 31.2 Å². The highest BCUT2D eigenvalue weighted by molar-refractivity contribution is 9.10. The van der Waals surface area contributed by atoms with E-state index in [0.717, 1.165) is 10.0 Å². The summed E-state index contributed by atoms with van der Waals surface area (Å²) in [5.41, 5.74) is 0.482. The van der Waals surface area contributed by atoms with Crippen molar-refractivity contribution in [3.63, 3.8) is 0 Å². The van der Waals surface area contributed by atoms with E-state index in [9.17, 15) is 9.59 Å². The van der Waals surface area contributed by atoms with Crippen LogP contribution in [0.2, 0.25) is 0 Å². The molecule has 1 aromatic rings. The van der Waals surface area contributed by atoms with E-state index in [0.29, 0.717) is 19.4 Å². The molecule has 0 radical (unpaired) electrons. The second-order valence-electron chi connectivity index (χ2n) is 5.44. The predicted octanol–water partition coefficient (Wildman–Crippen LogP) is 2.62. The maximum atomic E-state index is 12.3. The molecule has 1 aliphatic rings. The zero-order valence-electron chi connectivity index (χ0n) is 11.6. The second kappa shape index (κ2) is 6.06. The average molecular weight is 340 g/mol. The fraction of sp³-hybridized carbons (Fsp3) is 0.467. The van der Waals surface area contributed by atoms with Gasteiger partial charge < -0.3 is 4.74 Å². The van der Waals surface area contributed by atoms with Gasteiger partial charge in [-0.25, -0.2) is 0 Å². The SMILES string of the molecule is COCCC1(C)CC(=O)NC(=O)C1c1ccccc1Br. The molecule has 2 rings (SSSR count). The first kappa shape index (κ1) is 15.2. The van der Waals surface area contributed by atoms with E-state index in [1.54, 1.807) is 7.11 Å². The molecule has 1 saturated heterocycles. The highest BCUT2D eigenvalue weighted by Crippen LogP contribution is 2.46. The molecule has 1 fully saturated rings. The van der Waals surface area contributed by atoms with Crippen molar-refractivity contribution < 1.29 is 14.3 Å². The molecule has 0 aliphatic carbocycles. The Hall–Kier alpha value is -1.20. The Labute approximate surface area is 127 Å². The molecule has 1 aliphatic heterocycles. The lowest BCUT2D eigenvalue weighted by molar-refractivity contribution is -0.140. The monoisotopic (exact) mass is 339 g/mol. The van der Waals surface area contributed by atoms with Gasteiger partial charge in [0.1, 0.15) is 0 Å². The van der Waals surface area contributed by atoms with Crippen LogP contribution in [0.25, 0.3) is 0 Å². The number of piperidine rings is 1. The lowest BCUT2D eigenvalue weighted by Crippen LogP contribution is -2.50. The van der Waals surface area contributed by atoms with Crippen molar-refractivity contribution in [2.24, 2.45) is 5.41 Å². The zero-order valence-corrected chi connectivity index (χ0v) is 13.2. The summed E-state index contributed by atoms with van der Waals surface area (Å²) in [6.45, 7) is 2.50. The smallest absolute Gasteiger partial charge is 0.234 e. The van der Waals surface area contributed by atoms with Gasteiger partial charge >= 0.3 is 0 Å². The van der Waals surface area contributed by atoms with Gasteiger partial charge in [-0.05, 0) is 23.5 Å². The summed E-state index contributed by atoms with van der Waals surface area (Å²) in [7, 11) is 1.63. The average Bonchev–Trinajstić information content (AvgIpc) is 2.37. The summed E-state index contributed by atoms with van der Waals surface area (Å²) in [5, 5.41) is 2.45. The summed E-state index contributed by atoms with van der Waals surface area (Å²) in [6, 6.07) is 7.65. The molecule has 108 valence electrons. The number of benzene rings is 1. The molecule has 1 aromatic carbocycles. The first-order chi connectivity index (χ1) is 9.48. The molecular weight excluding hydrogens is 322 g/mol. The normalized spacial score (nSPS) is 26.4. The van der Waals surface area contributed by atoms with Crippen molar-refractivity contribution in [2.45, 2.75) is 25.7 Å². The number of amides is 2. The topological polar surface area (TPSA) is 55.4 Å². The lowest BCUT2D eigenvalue weighted by atomic mass is 9.67. The molecule has 2 atom stereocenters. The van der Waals surface area contributed by atoms with Gasteiger partial charge in [-0.2, -0.15) is 0 Å². The number of rotatable bonds is 4. The Kier molecular flexibility index (Phi) is 4.60. The quantitative estimate of drug-likeness (QED) is 0.858. The van der Waals surface area contributed by atoms with Crippen LogP contribution in [-0.4, -0.2) is 25.5 Å². The third-order valence-corrected chi connectivity index (χ3v) is 4.60. The van der Waals surface area contributed by atoms with Gasteiger partial charge in [0.25, 0.3) is 0 Å². The number of carbonyl (C=O) groups excluding carboxylic acids is 2. The highest BCUT2D eigenvalue weighted by Gasteiger charge is 2.46. The molecule has 0 saturated carbocycles. The minimum absolute atomic E-state index is 0.211. The van der Waals surface area contributed by atoms with Crippen LogP contribution < -0.4 is 5.32 Å². The van der Waals surface area contributed by atoms with Crippen LogP contribution in [0.15, 0.2) is 28.7 Å². The molecule has 0 aromatic heterocycles. The number of methoxy groups -OCH3 is 1. The largest absolute Gasteiger partial charge is 0.385 e. The van der Waals surface area contributed by atoms with Crippen molar-refractivity contribution in [3.05, 3.63) is 34.3 Å². The molecule has 2 amide bonds. The minimum atomic E-state index is -0.431. The summed E-state index contributed by atoms with van der Waals surface area (Å²) >= 11 is 3.50. The Morgan fingerprint density at radius 2 is 2.10 bits per heavy atom.